The summed E-state index contributed by atoms with van der Waals surface area (Å²) >= 11 is 0. The van der Waals surface area contributed by atoms with Crippen LogP contribution < -0.4 is 0 Å². The standard InChI is InChI=1S/C18H34O4.4C3H6/c1-5-9-11-15(7-3)17(19)21-13-14-22-18(20)16(8-4)12-10-6-2;4*1-3-2/h15-16H,5-14H2,1-4H3;4*3H,1H2,2H3. The quantitative estimate of drug-likeness (QED) is 0.149. The summed E-state index contributed by atoms with van der Waals surface area (Å²) in [6, 6.07) is 0. The highest BCUT2D eigenvalue weighted by atomic mass is 16.6. The Bertz CT molecular complexity index is 401. The Morgan fingerprint density at radius 2 is 0.853 bits per heavy atom. The lowest BCUT2D eigenvalue weighted by Gasteiger charge is -2.15. The number of rotatable bonds is 13. The van der Waals surface area contributed by atoms with Gasteiger partial charge < -0.3 is 9.47 Å². The number of hydrogen-bond donors (Lipinski definition) is 0. The molecule has 0 aliphatic heterocycles. The van der Waals surface area contributed by atoms with Crippen LogP contribution in [0.5, 0.6) is 0 Å². The molecule has 0 amide bonds. The summed E-state index contributed by atoms with van der Waals surface area (Å²) in [5.74, 6) is -0.373. The minimum atomic E-state index is -0.162. The van der Waals surface area contributed by atoms with Gasteiger partial charge in [0, 0.05) is 0 Å². The predicted octanol–water partition coefficient (Wildman–Crippen LogP) is 9.27. The summed E-state index contributed by atoms with van der Waals surface area (Å²) in [6.45, 7) is 29.6. The molecular formula is C30H58O4. The third-order valence-corrected chi connectivity index (χ3v) is 4.04. The zero-order chi connectivity index (χ0) is 27.6. The van der Waals surface area contributed by atoms with E-state index in [1.807, 2.05) is 41.5 Å². The maximum Gasteiger partial charge on any atom is 0.309 e. The minimum Gasteiger partial charge on any atom is -0.462 e. The number of carbonyl (C=O) groups is 2. The largest absolute Gasteiger partial charge is 0.462 e. The van der Waals surface area contributed by atoms with E-state index in [1.165, 1.54) is 0 Å². The normalized spacial score (nSPS) is 10.2. The van der Waals surface area contributed by atoms with Crippen LogP contribution in [-0.4, -0.2) is 25.2 Å². The molecule has 0 aromatic rings. The van der Waals surface area contributed by atoms with Gasteiger partial charge in [0.2, 0.25) is 0 Å². The molecule has 2 unspecified atom stereocenters. The minimum absolute atomic E-state index is 0.0244. The SMILES string of the molecule is C=CC.C=CC.C=CC.C=CC.CCCCC(CC)C(=O)OCCOC(=O)C(CC)CCCC. The molecule has 0 saturated heterocycles. The van der Waals surface area contributed by atoms with Gasteiger partial charge in [0.15, 0.2) is 0 Å². The molecule has 0 aromatic heterocycles. The maximum absolute atomic E-state index is 11.9. The van der Waals surface area contributed by atoms with Crippen molar-refractivity contribution in [2.45, 2.75) is 107 Å². The Hall–Kier alpha value is -2.10. The van der Waals surface area contributed by atoms with Crippen molar-refractivity contribution in [2.75, 3.05) is 13.2 Å². The molecule has 0 saturated carbocycles. The van der Waals surface area contributed by atoms with Crippen LogP contribution in [-0.2, 0) is 19.1 Å². The van der Waals surface area contributed by atoms with Crippen molar-refractivity contribution < 1.29 is 19.1 Å². The van der Waals surface area contributed by atoms with Crippen LogP contribution in [0.25, 0.3) is 0 Å². The van der Waals surface area contributed by atoms with Crippen LogP contribution in [0, 0.1) is 11.8 Å². The highest BCUT2D eigenvalue weighted by Gasteiger charge is 2.19. The first-order valence-corrected chi connectivity index (χ1v) is 12.9. The highest BCUT2D eigenvalue weighted by Crippen LogP contribution is 2.15. The molecule has 0 aliphatic rings. The zero-order valence-corrected chi connectivity index (χ0v) is 24.0. The van der Waals surface area contributed by atoms with Gasteiger partial charge in [0.25, 0.3) is 0 Å². The van der Waals surface area contributed by atoms with Gasteiger partial charge in [-0.05, 0) is 53.4 Å². The fourth-order valence-electron chi connectivity index (χ4n) is 2.40. The summed E-state index contributed by atoms with van der Waals surface area (Å²) in [4.78, 5) is 23.8. The summed E-state index contributed by atoms with van der Waals surface area (Å²) in [5.41, 5.74) is 0. The summed E-state index contributed by atoms with van der Waals surface area (Å²) in [6.07, 6.45) is 14.6. The molecule has 0 N–H and O–H groups in total. The van der Waals surface area contributed by atoms with Gasteiger partial charge in [-0.25, -0.2) is 0 Å². The van der Waals surface area contributed by atoms with Gasteiger partial charge in [-0.15, -0.1) is 26.3 Å². The lowest BCUT2D eigenvalue weighted by atomic mass is 10.00. The van der Waals surface area contributed by atoms with Crippen molar-refractivity contribution >= 4 is 11.9 Å². The predicted molar refractivity (Wildman–Crippen MR) is 152 cm³/mol. The first-order chi connectivity index (χ1) is 16.3. The third-order valence-electron chi connectivity index (χ3n) is 4.04. The molecule has 34 heavy (non-hydrogen) atoms. The van der Waals surface area contributed by atoms with E-state index in [2.05, 4.69) is 40.2 Å². The van der Waals surface area contributed by atoms with Crippen molar-refractivity contribution in [2.24, 2.45) is 11.8 Å². The molecule has 202 valence electrons. The third kappa shape index (κ3) is 40.3. The molecule has 0 radical (unpaired) electrons. The molecular weight excluding hydrogens is 424 g/mol. The van der Waals surface area contributed by atoms with Crippen LogP contribution in [0.1, 0.15) is 107 Å². The molecule has 2 atom stereocenters. The van der Waals surface area contributed by atoms with Crippen LogP contribution in [0.4, 0.5) is 0 Å². The van der Waals surface area contributed by atoms with E-state index in [1.54, 1.807) is 24.3 Å². The second-order valence-corrected chi connectivity index (χ2v) is 7.46. The van der Waals surface area contributed by atoms with Crippen LogP contribution in [0.3, 0.4) is 0 Å². The number of unbranched alkanes of at least 4 members (excludes halogenated alkanes) is 2. The molecule has 4 heteroatoms. The Morgan fingerprint density at radius 3 is 1.03 bits per heavy atom. The number of allylic oxidation sites excluding steroid dienone is 4. The van der Waals surface area contributed by atoms with Gasteiger partial charge >= 0.3 is 11.9 Å². The molecule has 0 aliphatic carbocycles. The van der Waals surface area contributed by atoms with Gasteiger partial charge in [0.05, 0.1) is 11.8 Å². The van der Waals surface area contributed by atoms with E-state index in [0.717, 1.165) is 51.4 Å². The Labute approximate surface area is 213 Å². The maximum atomic E-state index is 11.9. The van der Waals surface area contributed by atoms with E-state index in [4.69, 9.17) is 9.47 Å². The average molecular weight is 483 g/mol. The Morgan fingerprint density at radius 1 is 0.618 bits per heavy atom. The van der Waals surface area contributed by atoms with Gasteiger partial charge in [-0.1, -0.05) is 77.7 Å². The second-order valence-electron chi connectivity index (χ2n) is 7.46. The fraction of sp³-hybridized carbons (Fsp3) is 0.667. The molecule has 0 rings (SSSR count). The monoisotopic (exact) mass is 482 g/mol. The topological polar surface area (TPSA) is 52.6 Å². The molecule has 0 bridgehead atoms. The van der Waals surface area contributed by atoms with Crippen molar-refractivity contribution in [3.8, 4) is 0 Å². The van der Waals surface area contributed by atoms with E-state index < -0.39 is 0 Å². The molecule has 0 aromatic carbocycles. The number of esters is 2. The second kappa shape index (κ2) is 41.2. The molecule has 4 nitrogen and oxygen atoms in total. The van der Waals surface area contributed by atoms with Crippen LogP contribution in [0.15, 0.2) is 50.6 Å². The number of hydrogen-bond acceptors (Lipinski definition) is 4. The van der Waals surface area contributed by atoms with E-state index in [-0.39, 0.29) is 37.0 Å². The Kier molecular flexibility index (Phi) is 51.0. The molecule has 0 heterocycles. The van der Waals surface area contributed by atoms with E-state index in [9.17, 15) is 9.59 Å². The zero-order valence-electron chi connectivity index (χ0n) is 24.0. The van der Waals surface area contributed by atoms with Crippen molar-refractivity contribution in [1.82, 2.24) is 0 Å². The van der Waals surface area contributed by atoms with Crippen LogP contribution >= 0.6 is 0 Å². The van der Waals surface area contributed by atoms with Gasteiger partial charge in [-0.2, -0.15) is 0 Å². The van der Waals surface area contributed by atoms with Gasteiger partial charge in [0.1, 0.15) is 13.2 Å². The van der Waals surface area contributed by atoms with E-state index >= 15 is 0 Å². The smallest absolute Gasteiger partial charge is 0.309 e. The summed E-state index contributed by atoms with van der Waals surface area (Å²) in [5, 5.41) is 0. The highest BCUT2D eigenvalue weighted by molar-refractivity contribution is 5.73. The fourth-order valence-corrected chi connectivity index (χ4v) is 2.40. The number of carbonyl (C=O) groups excluding carboxylic acids is 2. The lowest BCUT2D eigenvalue weighted by molar-refractivity contribution is -0.157. The summed E-state index contributed by atoms with van der Waals surface area (Å²) in [7, 11) is 0. The van der Waals surface area contributed by atoms with Crippen molar-refractivity contribution in [1.29, 1.82) is 0 Å². The first kappa shape index (κ1) is 42.1. The van der Waals surface area contributed by atoms with Crippen molar-refractivity contribution in [3.05, 3.63) is 50.6 Å². The van der Waals surface area contributed by atoms with E-state index in [0.29, 0.717) is 0 Å². The van der Waals surface area contributed by atoms with Gasteiger partial charge in [-0.3, -0.25) is 9.59 Å². The number of ether oxygens (including phenoxy) is 2. The lowest BCUT2D eigenvalue weighted by Crippen LogP contribution is -2.22. The van der Waals surface area contributed by atoms with Crippen molar-refractivity contribution in [3.63, 3.8) is 0 Å². The molecule has 0 spiro atoms. The summed E-state index contributed by atoms with van der Waals surface area (Å²) < 4.78 is 10.4. The first-order valence-electron chi connectivity index (χ1n) is 12.9. The average Bonchev–Trinajstić information content (AvgIpc) is 2.80. The molecule has 0 fully saturated rings. The van der Waals surface area contributed by atoms with Crippen LogP contribution in [0.2, 0.25) is 0 Å². The Balaban J connectivity index is -0.000000194.